The number of nitro benzene ring substituents is 1. The molecule has 1 aliphatic rings. The minimum Gasteiger partial charge on any atom is -0.481 e. The van der Waals surface area contributed by atoms with Crippen LogP contribution in [-0.2, 0) is 4.79 Å². The van der Waals surface area contributed by atoms with E-state index in [4.69, 9.17) is 5.11 Å². The molecule has 1 heterocycles. The minimum atomic E-state index is -0.945. The van der Waals surface area contributed by atoms with Gasteiger partial charge in [-0.2, -0.15) is 0 Å². The largest absolute Gasteiger partial charge is 0.481 e. The Bertz CT molecular complexity index is 584. The first kappa shape index (κ1) is 14.0. The number of nitrogens with zero attached hydrogens (tertiary/aromatic N) is 2. The molecule has 20 heavy (non-hydrogen) atoms. The van der Waals surface area contributed by atoms with E-state index in [1.807, 2.05) is 0 Å². The number of carbonyl (C=O) groups excluding carboxylic acids is 1. The average Bonchev–Trinajstić information content (AvgIpc) is 2.87. The molecule has 0 radical (unpaired) electrons. The molecular formula is C13H14N2O5. The molecule has 0 aliphatic carbocycles. The van der Waals surface area contributed by atoms with Gasteiger partial charge in [0.15, 0.2) is 0 Å². The maximum Gasteiger partial charge on any atom is 0.308 e. The normalized spacial score (nSPS) is 18.1. The van der Waals surface area contributed by atoms with Crippen molar-refractivity contribution in [3.63, 3.8) is 0 Å². The molecule has 1 saturated heterocycles. The molecule has 0 spiro atoms. The lowest BCUT2D eigenvalue weighted by molar-refractivity contribution is -0.385. The fraction of sp³-hybridized carbons (Fsp3) is 0.385. The Hall–Kier alpha value is -2.44. The molecule has 0 aromatic heterocycles. The van der Waals surface area contributed by atoms with Gasteiger partial charge in [-0.25, -0.2) is 0 Å². The molecule has 0 bridgehead atoms. The lowest BCUT2D eigenvalue weighted by Gasteiger charge is -2.17. The molecule has 1 amide bonds. The van der Waals surface area contributed by atoms with Crippen LogP contribution in [-0.4, -0.2) is 39.9 Å². The highest BCUT2D eigenvalue weighted by atomic mass is 16.6. The zero-order valence-corrected chi connectivity index (χ0v) is 10.9. The minimum absolute atomic E-state index is 0.0449. The number of aryl methyl sites for hydroxylation is 1. The summed E-state index contributed by atoms with van der Waals surface area (Å²) in [7, 11) is 0. The Morgan fingerprint density at radius 1 is 1.45 bits per heavy atom. The van der Waals surface area contributed by atoms with Crippen LogP contribution in [0.3, 0.4) is 0 Å². The van der Waals surface area contributed by atoms with Crippen molar-refractivity contribution >= 4 is 17.6 Å². The predicted octanol–water partition coefficient (Wildman–Crippen LogP) is 1.45. The molecule has 1 fully saturated rings. The molecule has 1 N–H and O–H groups in total. The molecule has 1 aliphatic heterocycles. The van der Waals surface area contributed by atoms with Gasteiger partial charge in [-0.3, -0.25) is 19.7 Å². The van der Waals surface area contributed by atoms with E-state index in [9.17, 15) is 19.7 Å². The van der Waals surface area contributed by atoms with E-state index in [1.54, 1.807) is 13.0 Å². The number of benzene rings is 1. The first-order chi connectivity index (χ1) is 9.41. The van der Waals surface area contributed by atoms with Crippen molar-refractivity contribution in [2.75, 3.05) is 13.1 Å². The van der Waals surface area contributed by atoms with Crippen LogP contribution in [0.1, 0.15) is 22.3 Å². The number of likely N-dealkylation sites (tertiary alicyclic amines) is 1. The van der Waals surface area contributed by atoms with Gasteiger partial charge in [-0.15, -0.1) is 0 Å². The highest BCUT2D eigenvalue weighted by Crippen LogP contribution is 2.26. The second-order valence-electron chi connectivity index (χ2n) is 4.80. The Labute approximate surface area is 115 Å². The third-order valence-electron chi connectivity index (χ3n) is 3.49. The van der Waals surface area contributed by atoms with Crippen molar-refractivity contribution in [1.82, 2.24) is 4.90 Å². The first-order valence-electron chi connectivity index (χ1n) is 6.18. The van der Waals surface area contributed by atoms with E-state index >= 15 is 0 Å². The molecule has 7 nitrogen and oxygen atoms in total. The third-order valence-corrected chi connectivity index (χ3v) is 3.49. The van der Waals surface area contributed by atoms with Crippen molar-refractivity contribution in [2.45, 2.75) is 13.3 Å². The second-order valence-corrected chi connectivity index (χ2v) is 4.80. The molecule has 1 aromatic carbocycles. The maximum absolute atomic E-state index is 12.4. The molecule has 1 atom stereocenters. The van der Waals surface area contributed by atoms with E-state index in [2.05, 4.69) is 0 Å². The second kappa shape index (κ2) is 5.28. The van der Waals surface area contributed by atoms with Crippen molar-refractivity contribution in [3.05, 3.63) is 39.4 Å². The van der Waals surface area contributed by atoms with Gasteiger partial charge in [0, 0.05) is 19.2 Å². The summed E-state index contributed by atoms with van der Waals surface area (Å²) in [5, 5.41) is 19.9. The van der Waals surface area contributed by atoms with Crippen molar-refractivity contribution in [3.8, 4) is 0 Å². The summed E-state index contributed by atoms with van der Waals surface area (Å²) in [5.41, 5.74) is 0.320. The van der Waals surface area contributed by atoms with Gasteiger partial charge in [-0.05, 0) is 18.9 Å². The number of aliphatic carboxylic acids is 1. The van der Waals surface area contributed by atoms with E-state index in [0.29, 0.717) is 18.5 Å². The number of rotatable bonds is 3. The molecule has 2 rings (SSSR count). The van der Waals surface area contributed by atoms with Crippen LogP contribution in [0.15, 0.2) is 18.2 Å². The Balaban J connectivity index is 2.31. The Morgan fingerprint density at radius 2 is 2.15 bits per heavy atom. The van der Waals surface area contributed by atoms with Crippen molar-refractivity contribution < 1.29 is 19.6 Å². The molecule has 106 valence electrons. The van der Waals surface area contributed by atoms with Crippen LogP contribution < -0.4 is 0 Å². The van der Waals surface area contributed by atoms with Crippen molar-refractivity contribution in [2.24, 2.45) is 5.92 Å². The fourth-order valence-electron chi connectivity index (χ4n) is 2.39. The number of amides is 1. The molecule has 1 unspecified atom stereocenters. The zero-order chi connectivity index (χ0) is 14.9. The average molecular weight is 278 g/mol. The number of hydrogen-bond acceptors (Lipinski definition) is 4. The number of carbonyl (C=O) groups is 2. The van der Waals surface area contributed by atoms with Crippen LogP contribution in [0.2, 0.25) is 0 Å². The van der Waals surface area contributed by atoms with Crippen molar-refractivity contribution in [1.29, 1.82) is 0 Å². The maximum atomic E-state index is 12.4. The Kier molecular flexibility index (Phi) is 3.69. The topological polar surface area (TPSA) is 101 Å². The quantitative estimate of drug-likeness (QED) is 0.666. The van der Waals surface area contributed by atoms with Gasteiger partial charge in [0.05, 0.1) is 10.8 Å². The summed E-state index contributed by atoms with van der Waals surface area (Å²) in [5.74, 6) is -2.01. The summed E-state index contributed by atoms with van der Waals surface area (Å²) in [4.78, 5) is 35.1. The molecule has 7 heteroatoms. The number of carboxylic acid groups (broad SMARTS) is 1. The van der Waals surface area contributed by atoms with Gasteiger partial charge in [0.25, 0.3) is 11.6 Å². The van der Waals surface area contributed by atoms with E-state index in [1.165, 1.54) is 17.0 Å². The highest BCUT2D eigenvalue weighted by Gasteiger charge is 2.34. The highest BCUT2D eigenvalue weighted by molar-refractivity contribution is 6.00. The molecule has 1 aromatic rings. The van der Waals surface area contributed by atoms with Crippen LogP contribution in [0, 0.1) is 23.0 Å². The van der Waals surface area contributed by atoms with E-state index in [0.717, 1.165) is 0 Å². The van der Waals surface area contributed by atoms with Gasteiger partial charge >= 0.3 is 5.97 Å². The van der Waals surface area contributed by atoms with Crippen LogP contribution in [0.4, 0.5) is 5.69 Å². The SMILES string of the molecule is Cc1cccc([N+](=O)[O-])c1C(=O)N1CCC(C(=O)O)C1. The number of nitro groups is 1. The van der Waals surface area contributed by atoms with E-state index in [-0.39, 0.29) is 17.8 Å². The predicted molar refractivity (Wildman–Crippen MR) is 69.5 cm³/mol. The zero-order valence-electron chi connectivity index (χ0n) is 10.9. The molecule has 0 saturated carbocycles. The number of hydrogen-bond donors (Lipinski definition) is 1. The summed E-state index contributed by atoms with van der Waals surface area (Å²) in [6, 6.07) is 4.43. The van der Waals surface area contributed by atoms with Crippen LogP contribution in [0.25, 0.3) is 0 Å². The third kappa shape index (κ3) is 2.47. The van der Waals surface area contributed by atoms with Crippen LogP contribution >= 0.6 is 0 Å². The van der Waals surface area contributed by atoms with E-state index < -0.39 is 22.7 Å². The summed E-state index contributed by atoms with van der Waals surface area (Å²) in [6.07, 6.45) is 0.376. The van der Waals surface area contributed by atoms with Gasteiger partial charge in [0.1, 0.15) is 5.56 Å². The van der Waals surface area contributed by atoms with Gasteiger partial charge in [0.2, 0.25) is 0 Å². The summed E-state index contributed by atoms with van der Waals surface area (Å²) < 4.78 is 0. The summed E-state index contributed by atoms with van der Waals surface area (Å²) in [6.45, 7) is 2.03. The van der Waals surface area contributed by atoms with Gasteiger partial charge < -0.3 is 10.0 Å². The Morgan fingerprint density at radius 3 is 2.70 bits per heavy atom. The number of carboxylic acids is 1. The smallest absolute Gasteiger partial charge is 0.308 e. The fourth-order valence-corrected chi connectivity index (χ4v) is 2.39. The lowest BCUT2D eigenvalue weighted by Crippen LogP contribution is -2.31. The monoisotopic (exact) mass is 278 g/mol. The first-order valence-corrected chi connectivity index (χ1v) is 6.18. The molecular weight excluding hydrogens is 264 g/mol. The summed E-state index contributed by atoms with van der Waals surface area (Å²) >= 11 is 0. The lowest BCUT2D eigenvalue weighted by atomic mass is 10.1. The van der Waals surface area contributed by atoms with Gasteiger partial charge in [-0.1, -0.05) is 12.1 Å². The standard InChI is InChI=1S/C13H14N2O5/c1-8-3-2-4-10(15(19)20)11(8)12(16)14-6-5-9(7-14)13(17)18/h2-4,9H,5-7H2,1H3,(H,17,18). The van der Waals surface area contributed by atoms with Crippen LogP contribution in [0.5, 0.6) is 0 Å².